The third-order valence-corrected chi connectivity index (χ3v) is 4.24. The van der Waals surface area contributed by atoms with Gasteiger partial charge in [0, 0.05) is 6.54 Å². The van der Waals surface area contributed by atoms with Gasteiger partial charge in [-0.25, -0.2) is 0 Å². The zero-order chi connectivity index (χ0) is 13.7. The highest BCUT2D eigenvalue weighted by Gasteiger charge is 2.34. The van der Waals surface area contributed by atoms with Gasteiger partial charge in [-0.1, -0.05) is 25.5 Å². The van der Waals surface area contributed by atoms with Crippen molar-refractivity contribution in [3.05, 3.63) is 35.4 Å². The second kappa shape index (κ2) is 6.75. The van der Waals surface area contributed by atoms with Gasteiger partial charge in [0.25, 0.3) is 11.8 Å². The largest absolute Gasteiger partial charge is 0.274 e. The van der Waals surface area contributed by atoms with Gasteiger partial charge >= 0.3 is 0 Å². The van der Waals surface area contributed by atoms with Crippen LogP contribution in [-0.4, -0.2) is 34.8 Å². The summed E-state index contributed by atoms with van der Waals surface area (Å²) in [5.41, 5.74) is 1.10. The highest BCUT2D eigenvalue weighted by molar-refractivity contribution is 7.99. The van der Waals surface area contributed by atoms with E-state index < -0.39 is 0 Å². The molecule has 0 radical (unpaired) electrons. The van der Waals surface area contributed by atoms with Crippen molar-refractivity contribution >= 4 is 23.6 Å². The zero-order valence-electron chi connectivity index (χ0n) is 11.2. The van der Waals surface area contributed by atoms with E-state index in [0.29, 0.717) is 17.7 Å². The smallest absolute Gasteiger partial charge is 0.261 e. The molecule has 1 aliphatic rings. The molecule has 0 fully saturated rings. The standard InChI is InChI=1S/C15H19NO2S/c1-2-19-11-7-3-6-10-16-14(17)12-8-4-5-9-13(12)15(16)18/h4-5,8-9H,2-3,6-7,10-11H2,1H3. The summed E-state index contributed by atoms with van der Waals surface area (Å²) in [4.78, 5) is 25.5. The maximum absolute atomic E-state index is 12.1. The lowest BCUT2D eigenvalue weighted by molar-refractivity contribution is 0.0651. The van der Waals surface area contributed by atoms with Crippen LogP contribution >= 0.6 is 11.8 Å². The maximum atomic E-state index is 12.1. The SMILES string of the molecule is CCSCCCCCN1C(=O)c2ccccc2C1=O. The summed E-state index contributed by atoms with van der Waals surface area (Å²) in [5, 5.41) is 0. The number of hydrogen-bond donors (Lipinski definition) is 0. The molecule has 0 aliphatic carbocycles. The summed E-state index contributed by atoms with van der Waals surface area (Å²) in [6.45, 7) is 2.70. The molecule has 0 saturated carbocycles. The molecule has 19 heavy (non-hydrogen) atoms. The molecule has 3 nitrogen and oxygen atoms in total. The van der Waals surface area contributed by atoms with Gasteiger partial charge in [0.05, 0.1) is 11.1 Å². The van der Waals surface area contributed by atoms with E-state index in [1.54, 1.807) is 24.3 Å². The molecular weight excluding hydrogens is 258 g/mol. The quantitative estimate of drug-likeness (QED) is 0.567. The lowest BCUT2D eigenvalue weighted by Crippen LogP contribution is -2.30. The molecule has 1 heterocycles. The van der Waals surface area contributed by atoms with Crippen molar-refractivity contribution in [1.82, 2.24) is 4.90 Å². The number of carbonyl (C=O) groups is 2. The fourth-order valence-corrected chi connectivity index (χ4v) is 2.93. The van der Waals surface area contributed by atoms with E-state index in [1.807, 2.05) is 11.8 Å². The minimum atomic E-state index is -0.136. The Morgan fingerprint density at radius 1 is 1.00 bits per heavy atom. The van der Waals surface area contributed by atoms with Crippen LogP contribution in [0.2, 0.25) is 0 Å². The minimum absolute atomic E-state index is 0.136. The van der Waals surface area contributed by atoms with Gasteiger partial charge < -0.3 is 0 Å². The molecule has 2 amide bonds. The number of benzene rings is 1. The van der Waals surface area contributed by atoms with Gasteiger partial charge in [0.2, 0.25) is 0 Å². The Kier molecular flexibility index (Phi) is 5.02. The number of unbranched alkanes of at least 4 members (excludes halogenated alkanes) is 2. The van der Waals surface area contributed by atoms with E-state index >= 15 is 0 Å². The first-order valence-corrected chi connectivity index (χ1v) is 7.94. The molecule has 0 unspecified atom stereocenters. The molecule has 102 valence electrons. The van der Waals surface area contributed by atoms with Crippen LogP contribution in [0, 0.1) is 0 Å². The molecule has 1 aromatic rings. The normalized spacial score (nSPS) is 14.1. The minimum Gasteiger partial charge on any atom is -0.274 e. The Balaban J connectivity index is 1.83. The van der Waals surface area contributed by atoms with Gasteiger partial charge in [-0.15, -0.1) is 0 Å². The number of rotatable bonds is 7. The van der Waals surface area contributed by atoms with Gasteiger partial charge in [0.15, 0.2) is 0 Å². The van der Waals surface area contributed by atoms with Gasteiger partial charge in [-0.2, -0.15) is 11.8 Å². The van der Waals surface area contributed by atoms with E-state index in [4.69, 9.17) is 0 Å². The third kappa shape index (κ3) is 3.18. The molecule has 0 atom stereocenters. The van der Waals surface area contributed by atoms with E-state index in [9.17, 15) is 9.59 Å². The topological polar surface area (TPSA) is 37.4 Å². The van der Waals surface area contributed by atoms with E-state index in [0.717, 1.165) is 25.0 Å². The molecule has 4 heteroatoms. The van der Waals surface area contributed by atoms with Crippen LogP contribution in [0.4, 0.5) is 0 Å². The van der Waals surface area contributed by atoms with E-state index in [-0.39, 0.29) is 11.8 Å². The van der Waals surface area contributed by atoms with Crippen molar-refractivity contribution in [2.24, 2.45) is 0 Å². The molecule has 0 N–H and O–H groups in total. The third-order valence-electron chi connectivity index (χ3n) is 3.25. The summed E-state index contributed by atoms with van der Waals surface area (Å²) < 4.78 is 0. The number of carbonyl (C=O) groups excluding carboxylic acids is 2. The second-order valence-corrected chi connectivity index (χ2v) is 5.96. The number of hydrogen-bond acceptors (Lipinski definition) is 3. The Hall–Kier alpha value is -1.29. The van der Waals surface area contributed by atoms with Crippen molar-refractivity contribution in [2.45, 2.75) is 26.2 Å². The summed E-state index contributed by atoms with van der Waals surface area (Å²) >= 11 is 1.93. The highest BCUT2D eigenvalue weighted by Crippen LogP contribution is 2.22. The van der Waals surface area contributed by atoms with Crippen LogP contribution < -0.4 is 0 Å². The van der Waals surface area contributed by atoms with Crippen molar-refractivity contribution < 1.29 is 9.59 Å². The summed E-state index contributed by atoms with van der Waals surface area (Å²) in [6.07, 6.45) is 3.12. The number of imide groups is 1. The average molecular weight is 277 g/mol. The van der Waals surface area contributed by atoms with E-state index in [1.165, 1.54) is 10.7 Å². The predicted molar refractivity (Wildman–Crippen MR) is 78.7 cm³/mol. The van der Waals surface area contributed by atoms with Crippen molar-refractivity contribution in [3.63, 3.8) is 0 Å². The summed E-state index contributed by atoms with van der Waals surface area (Å²) in [6, 6.07) is 7.06. The second-order valence-electron chi connectivity index (χ2n) is 4.57. The summed E-state index contributed by atoms with van der Waals surface area (Å²) in [7, 11) is 0. The monoisotopic (exact) mass is 277 g/mol. The van der Waals surface area contributed by atoms with Crippen LogP contribution in [0.3, 0.4) is 0 Å². The lowest BCUT2D eigenvalue weighted by Gasteiger charge is -2.13. The van der Waals surface area contributed by atoms with Crippen LogP contribution in [0.1, 0.15) is 46.9 Å². The molecule has 1 aromatic carbocycles. The van der Waals surface area contributed by atoms with Crippen LogP contribution in [0.15, 0.2) is 24.3 Å². The number of fused-ring (bicyclic) bond motifs is 1. The molecule has 0 saturated heterocycles. The number of thioether (sulfide) groups is 1. The average Bonchev–Trinajstić information content (AvgIpc) is 2.68. The van der Waals surface area contributed by atoms with Crippen LogP contribution in [0.25, 0.3) is 0 Å². The molecular formula is C15H19NO2S. The van der Waals surface area contributed by atoms with Crippen LogP contribution in [-0.2, 0) is 0 Å². The Labute approximate surface area is 118 Å². The Bertz CT molecular complexity index is 438. The zero-order valence-corrected chi connectivity index (χ0v) is 12.0. The van der Waals surface area contributed by atoms with E-state index in [2.05, 4.69) is 6.92 Å². The Morgan fingerprint density at radius 3 is 2.21 bits per heavy atom. The van der Waals surface area contributed by atoms with Crippen molar-refractivity contribution in [1.29, 1.82) is 0 Å². The van der Waals surface area contributed by atoms with Gasteiger partial charge in [0.1, 0.15) is 0 Å². The molecule has 0 aromatic heterocycles. The van der Waals surface area contributed by atoms with Crippen LogP contribution in [0.5, 0.6) is 0 Å². The lowest BCUT2D eigenvalue weighted by atomic mass is 10.1. The first-order valence-electron chi connectivity index (χ1n) is 6.78. The first kappa shape index (κ1) is 14.1. The van der Waals surface area contributed by atoms with Crippen molar-refractivity contribution in [2.75, 3.05) is 18.1 Å². The Morgan fingerprint density at radius 2 is 1.63 bits per heavy atom. The van der Waals surface area contributed by atoms with Gasteiger partial charge in [-0.05, 0) is 36.5 Å². The fourth-order valence-electron chi connectivity index (χ4n) is 2.24. The van der Waals surface area contributed by atoms with Gasteiger partial charge in [-0.3, -0.25) is 14.5 Å². The summed E-state index contributed by atoms with van der Waals surface area (Å²) in [5.74, 6) is 2.05. The highest BCUT2D eigenvalue weighted by atomic mass is 32.2. The molecule has 0 spiro atoms. The fraction of sp³-hybridized carbons (Fsp3) is 0.467. The molecule has 2 rings (SSSR count). The molecule has 1 aliphatic heterocycles. The maximum Gasteiger partial charge on any atom is 0.261 e. The molecule has 0 bridgehead atoms. The first-order chi connectivity index (χ1) is 9.25. The number of amides is 2. The van der Waals surface area contributed by atoms with Crippen molar-refractivity contribution in [3.8, 4) is 0 Å². The predicted octanol–water partition coefficient (Wildman–Crippen LogP) is 3.21. The number of nitrogens with zero attached hydrogens (tertiary/aromatic N) is 1.